The molecule has 0 aliphatic heterocycles. The zero-order valence-corrected chi connectivity index (χ0v) is 12.3. The van der Waals surface area contributed by atoms with E-state index in [1.165, 1.54) is 29.5 Å². The molecule has 1 atom stereocenters. The lowest BCUT2D eigenvalue weighted by molar-refractivity contribution is -0.386. The van der Waals surface area contributed by atoms with Gasteiger partial charge in [-0.2, -0.15) is 0 Å². The Bertz CT molecular complexity index is 798. The Balaban J connectivity index is 2.11. The van der Waals surface area contributed by atoms with Crippen LogP contribution in [0.4, 0.5) is 5.69 Å². The zero-order valence-electron chi connectivity index (χ0n) is 10.7. The molecular formula is C15H10ClNO3S. The number of aliphatic hydroxyl groups excluding tert-OH is 1. The van der Waals surface area contributed by atoms with Crippen LogP contribution in [0, 0.1) is 10.1 Å². The van der Waals surface area contributed by atoms with Crippen LogP contribution in [0.5, 0.6) is 0 Å². The van der Waals surface area contributed by atoms with Gasteiger partial charge in [-0.05, 0) is 29.7 Å². The molecule has 1 N–H and O–H groups in total. The van der Waals surface area contributed by atoms with E-state index in [0.717, 1.165) is 10.1 Å². The van der Waals surface area contributed by atoms with Gasteiger partial charge in [0, 0.05) is 20.7 Å². The number of nitrogens with zero attached hydrogens (tertiary/aromatic N) is 1. The van der Waals surface area contributed by atoms with E-state index in [0.29, 0.717) is 9.90 Å². The number of benzene rings is 2. The molecule has 1 aromatic heterocycles. The first-order valence-electron chi connectivity index (χ1n) is 6.16. The maximum Gasteiger partial charge on any atom is 0.275 e. The maximum atomic E-state index is 11.1. The summed E-state index contributed by atoms with van der Waals surface area (Å²) in [5.74, 6) is 0. The average Bonchev–Trinajstić information content (AvgIpc) is 2.89. The SMILES string of the molecule is O=[N+]([O-])c1ccc(Cl)cc1C(O)c1cc2ccccc2s1. The first-order valence-corrected chi connectivity index (χ1v) is 7.36. The van der Waals surface area contributed by atoms with Crippen LogP contribution in [0.25, 0.3) is 10.1 Å². The van der Waals surface area contributed by atoms with Gasteiger partial charge in [-0.1, -0.05) is 29.8 Å². The van der Waals surface area contributed by atoms with Crippen molar-refractivity contribution >= 4 is 38.7 Å². The first-order chi connectivity index (χ1) is 10.1. The summed E-state index contributed by atoms with van der Waals surface area (Å²) in [6, 6.07) is 13.7. The summed E-state index contributed by atoms with van der Waals surface area (Å²) in [6.45, 7) is 0. The molecule has 3 aromatic rings. The van der Waals surface area contributed by atoms with Crippen LogP contribution in [0.3, 0.4) is 0 Å². The third-order valence-electron chi connectivity index (χ3n) is 3.19. The Kier molecular flexibility index (Phi) is 3.63. The van der Waals surface area contributed by atoms with Crippen molar-refractivity contribution in [3.63, 3.8) is 0 Å². The van der Waals surface area contributed by atoms with E-state index in [9.17, 15) is 15.2 Å². The third-order valence-corrected chi connectivity index (χ3v) is 4.60. The number of rotatable bonds is 3. The second kappa shape index (κ2) is 5.44. The number of fused-ring (bicyclic) bond motifs is 1. The van der Waals surface area contributed by atoms with Crippen molar-refractivity contribution in [2.24, 2.45) is 0 Å². The molecule has 6 heteroatoms. The summed E-state index contributed by atoms with van der Waals surface area (Å²) in [5.41, 5.74) is 0.0726. The highest BCUT2D eigenvalue weighted by Crippen LogP contribution is 2.37. The van der Waals surface area contributed by atoms with Gasteiger partial charge in [-0.3, -0.25) is 10.1 Å². The highest BCUT2D eigenvalue weighted by Gasteiger charge is 2.23. The minimum atomic E-state index is -1.07. The number of nitro groups is 1. The number of halogens is 1. The van der Waals surface area contributed by atoms with Crippen LogP contribution in [-0.4, -0.2) is 10.0 Å². The molecule has 4 nitrogen and oxygen atoms in total. The van der Waals surface area contributed by atoms with Gasteiger partial charge in [0.05, 0.1) is 10.5 Å². The maximum absolute atomic E-state index is 11.1. The average molecular weight is 320 g/mol. The summed E-state index contributed by atoms with van der Waals surface area (Å²) < 4.78 is 1.02. The minimum absolute atomic E-state index is 0.135. The summed E-state index contributed by atoms with van der Waals surface area (Å²) in [7, 11) is 0. The lowest BCUT2D eigenvalue weighted by atomic mass is 10.1. The van der Waals surface area contributed by atoms with E-state index in [4.69, 9.17) is 11.6 Å². The molecule has 0 fully saturated rings. The van der Waals surface area contributed by atoms with Gasteiger partial charge in [0.15, 0.2) is 0 Å². The Morgan fingerprint density at radius 1 is 1.19 bits per heavy atom. The van der Waals surface area contributed by atoms with Crippen molar-refractivity contribution in [3.8, 4) is 0 Å². The Morgan fingerprint density at radius 2 is 1.95 bits per heavy atom. The van der Waals surface area contributed by atoms with Crippen molar-refractivity contribution in [1.82, 2.24) is 0 Å². The number of hydrogen-bond acceptors (Lipinski definition) is 4. The van der Waals surface area contributed by atoms with Gasteiger partial charge in [-0.25, -0.2) is 0 Å². The standard InChI is InChI=1S/C15H10ClNO3S/c16-10-5-6-12(17(19)20)11(8-10)15(18)14-7-9-3-1-2-4-13(9)21-14/h1-8,15,18H. The molecule has 0 aliphatic rings. The van der Waals surface area contributed by atoms with Gasteiger partial charge < -0.3 is 5.11 Å². The monoisotopic (exact) mass is 319 g/mol. The van der Waals surface area contributed by atoms with Gasteiger partial charge in [0.2, 0.25) is 0 Å². The molecular weight excluding hydrogens is 310 g/mol. The van der Waals surface area contributed by atoms with E-state index >= 15 is 0 Å². The molecule has 0 amide bonds. The summed E-state index contributed by atoms with van der Waals surface area (Å²) in [4.78, 5) is 11.2. The van der Waals surface area contributed by atoms with Crippen molar-refractivity contribution in [3.05, 3.63) is 74.1 Å². The van der Waals surface area contributed by atoms with Crippen molar-refractivity contribution < 1.29 is 10.0 Å². The van der Waals surface area contributed by atoms with Gasteiger partial charge >= 0.3 is 0 Å². The lowest BCUT2D eigenvalue weighted by Crippen LogP contribution is -2.02. The molecule has 2 aromatic carbocycles. The van der Waals surface area contributed by atoms with Crippen LogP contribution < -0.4 is 0 Å². The molecule has 0 spiro atoms. The van der Waals surface area contributed by atoms with Crippen molar-refractivity contribution in [2.45, 2.75) is 6.10 Å². The van der Waals surface area contributed by atoms with Crippen LogP contribution in [0.15, 0.2) is 48.5 Å². The number of thiophene rings is 1. The summed E-state index contributed by atoms with van der Waals surface area (Å²) in [6.07, 6.45) is -1.07. The molecule has 3 rings (SSSR count). The van der Waals surface area contributed by atoms with E-state index in [1.54, 1.807) is 0 Å². The second-order valence-electron chi connectivity index (χ2n) is 4.55. The smallest absolute Gasteiger partial charge is 0.275 e. The highest BCUT2D eigenvalue weighted by molar-refractivity contribution is 7.19. The van der Waals surface area contributed by atoms with Gasteiger partial charge in [0.1, 0.15) is 6.10 Å². The Hall–Kier alpha value is -1.95. The normalized spacial score (nSPS) is 12.5. The summed E-state index contributed by atoms with van der Waals surface area (Å²) >= 11 is 7.31. The van der Waals surface area contributed by atoms with E-state index < -0.39 is 11.0 Å². The Labute approximate surface area is 129 Å². The third kappa shape index (κ3) is 2.63. The fourth-order valence-corrected chi connectivity index (χ4v) is 3.45. The first kappa shape index (κ1) is 14.0. The number of nitro benzene ring substituents is 1. The molecule has 0 bridgehead atoms. The van der Waals surface area contributed by atoms with E-state index in [-0.39, 0.29) is 11.3 Å². The van der Waals surface area contributed by atoms with Crippen molar-refractivity contribution in [1.29, 1.82) is 0 Å². The van der Waals surface area contributed by atoms with E-state index in [2.05, 4.69) is 0 Å². The van der Waals surface area contributed by atoms with Gasteiger partial charge in [-0.15, -0.1) is 11.3 Å². The number of hydrogen-bond donors (Lipinski definition) is 1. The van der Waals surface area contributed by atoms with Crippen LogP contribution in [0.1, 0.15) is 16.5 Å². The molecule has 0 radical (unpaired) electrons. The minimum Gasteiger partial charge on any atom is -0.383 e. The number of aliphatic hydroxyl groups is 1. The van der Waals surface area contributed by atoms with Crippen LogP contribution >= 0.6 is 22.9 Å². The van der Waals surface area contributed by atoms with Crippen LogP contribution in [0.2, 0.25) is 5.02 Å². The van der Waals surface area contributed by atoms with Crippen LogP contribution in [-0.2, 0) is 0 Å². The molecule has 1 unspecified atom stereocenters. The topological polar surface area (TPSA) is 63.4 Å². The van der Waals surface area contributed by atoms with E-state index in [1.807, 2.05) is 30.3 Å². The fourth-order valence-electron chi connectivity index (χ4n) is 2.20. The molecule has 0 aliphatic carbocycles. The predicted octanol–water partition coefficient (Wildman–Crippen LogP) is 4.54. The Morgan fingerprint density at radius 3 is 2.67 bits per heavy atom. The molecule has 0 saturated heterocycles. The molecule has 21 heavy (non-hydrogen) atoms. The van der Waals surface area contributed by atoms with Gasteiger partial charge in [0.25, 0.3) is 5.69 Å². The molecule has 1 heterocycles. The predicted molar refractivity (Wildman–Crippen MR) is 84.0 cm³/mol. The largest absolute Gasteiger partial charge is 0.383 e. The quantitative estimate of drug-likeness (QED) is 0.569. The molecule has 0 saturated carbocycles. The van der Waals surface area contributed by atoms with Crippen molar-refractivity contribution in [2.75, 3.05) is 0 Å². The fraction of sp³-hybridized carbons (Fsp3) is 0.0667. The lowest BCUT2D eigenvalue weighted by Gasteiger charge is -2.09. The summed E-state index contributed by atoms with van der Waals surface area (Å²) in [5, 5.41) is 22.9. The zero-order chi connectivity index (χ0) is 15.0. The second-order valence-corrected chi connectivity index (χ2v) is 6.10. The highest BCUT2D eigenvalue weighted by atomic mass is 35.5. The molecule has 106 valence electrons.